The van der Waals surface area contributed by atoms with Gasteiger partial charge in [0.15, 0.2) is 11.5 Å². The SMILES string of the molecule is COc1ccc(-c2nc(CC(=O)NC(C)CC(=O)O)cs2)cc1OC. The van der Waals surface area contributed by atoms with Gasteiger partial charge in [-0.3, -0.25) is 9.59 Å². The van der Waals surface area contributed by atoms with E-state index < -0.39 is 12.0 Å². The first-order valence-corrected chi connectivity index (χ1v) is 8.48. The topological polar surface area (TPSA) is 97.8 Å². The van der Waals surface area contributed by atoms with Crippen LogP contribution in [0.4, 0.5) is 0 Å². The van der Waals surface area contributed by atoms with Crippen LogP contribution in [0.5, 0.6) is 11.5 Å². The lowest BCUT2D eigenvalue weighted by Crippen LogP contribution is -2.35. The summed E-state index contributed by atoms with van der Waals surface area (Å²) in [4.78, 5) is 27.0. The number of ether oxygens (including phenoxy) is 2. The molecule has 8 heteroatoms. The number of hydrogen-bond acceptors (Lipinski definition) is 6. The summed E-state index contributed by atoms with van der Waals surface area (Å²) in [6.07, 6.45) is -0.00650. The third-order valence-electron chi connectivity index (χ3n) is 3.41. The molecule has 1 unspecified atom stereocenters. The van der Waals surface area contributed by atoms with Crippen LogP contribution in [0.2, 0.25) is 0 Å². The molecule has 0 aliphatic rings. The first kappa shape index (κ1) is 18.7. The minimum atomic E-state index is -0.947. The monoisotopic (exact) mass is 364 g/mol. The average Bonchev–Trinajstić information content (AvgIpc) is 3.01. The van der Waals surface area contributed by atoms with Crippen molar-refractivity contribution in [2.24, 2.45) is 0 Å². The van der Waals surface area contributed by atoms with Crippen molar-refractivity contribution in [1.29, 1.82) is 0 Å². The minimum Gasteiger partial charge on any atom is -0.493 e. The first-order valence-electron chi connectivity index (χ1n) is 7.61. The van der Waals surface area contributed by atoms with Crippen molar-refractivity contribution < 1.29 is 24.2 Å². The van der Waals surface area contributed by atoms with Gasteiger partial charge in [-0.25, -0.2) is 4.98 Å². The maximum absolute atomic E-state index is 12.0. The van der Waals surface area contributed by atoms with Gasteiger partial charge in [-0.15, -0.1) is 11.3 Å². The molecule has 1 heterocycles. The van der Waals surface area contributed by atoms with E-state index in [1.807, 2.05) is 17.5 Å². The van der Waals surface area contributed by atoms with Crippen LogP contribution in [0.1, 0.15) is 19.0 Å². The van der Waals surface area contributed by atoms with Gasteiger partial charge in [-0.1, -0.05) is 0 Å². The van der Waals surface area contributed by atoms with E-state index >= 15 is 0 Å². The zero-order chi connectivity index (χ0) is 18.4. The maximum atomic E-state index is 12.0. The summed E-state index contributed by atoms with van der Waals surface area (Å²) in [6, 6.07) is 5.08. The van der Waals surface area contributed by atoms with Crippen molar-refractivity contribution in [3.8, 4) is 22.1 Å². The van der Waals surface area contributed by atoms with E-state index in [2.05, 4.69) is 10.3 Å². The Labute approximate surface area is 149 Å². The third-order valence-corrected chi connectivity index (χ3v) is 4.35. The predicted octanol–water partition coefficient (Wildman–Crippen LogP) is 2.35. The molecule has 1 amide bonds. The Bertz CT molecular complexity index is 759. The van der Waals surface area contributed by atoms with Crippen LogP contribution in [0.3, 0.4) is 0 Å². The van der Waals surface area contributed by atoms with E-state index in [1.54, 1.807) is 27.2 Å². The molecule has 0 bridgehead atoms. The molecule has 0 saturated heterocycles. The number of benzene rings is 1. The van der Waals surface area contributed by atoms with Crippen molar-refractivity contribution in [1.82, 2.24) is 10.3 Å². The number of aromatic nitrogens is 1. The Morgan fingerprint density at radius 3 is 2.64 bits per heavy atom. The highest BCUT2D eigenvalue weighted by Gasteiger charge is 2.14. The Morgan fingerprint density at radius 2 is 2.00 bits per heavy atom. The molecule has 1 aromatic heterocycles. The van der Waals surface area contributed by atoms with Gasteiger partial charge in [-0.05, 0) is 25.1 Å². The molecule has 0 aliphatic carbocycles. The summed E-state index contributed by atoms with van der Waals surface area (Å²) in [7, 11) is 3.14. The molecular formula is C17H20N2O5S. The lowest BCUT2D eigenvalue weighted by Gasteiger charge is -2.10. The smallest absolute Gasteiger partial charge is 0.305 e. The fraction of sp³-hybridized carbons (Fsp3) is 0.353. The average molecular weight is 364 g/mol. The number of rotatable bonds is 8. The quantitative estimate of drug-likeness (QED) is 0.746. The Balaban J connectivity index is 2.05. The lowest BCUT2D eigenvalue weighted by atomic mass is 10.2. The van der Waals surface area contributed by atoms with Crippen LogP contribution in [-0.2, 0) is 16.0 Å². The van der Waals surface area contributed by atoms with E-state index in [1.165, 1.54) is 11.3 Å². The molecule has 25 heavy (non-hydrogen) atoms. The summed E-state index contributed by atoms with van der Waals surface area (Å²) >= 11 is 1.43. The normalized spacial score (nSPS) is 11.6. The second-order valence-electron chi connectivity index (χ2n) is 5.46. The van der Waals surface area contributed by atoms with Crippen molar-refractivity contribution in [3.63, 3.8) is 0 Å². The molecule has 0 aliphatic heterocycles. The highest BCUT2D eigenvalue weighted by Crippen LogP contribution is 2.33. The van der Waals surface area contributed by atoms with Gasteiger partial charge >= 0.3 is 5.97 Å². The number of amides is 1. The molecule has 1 aromatic carbocycles. The number of hydrogen-bond donors (Lipinski definition) is 2. The van der Waals surface area contributed by atoms with Crippen LogP contribution >= 0.6 is 11.3 Å². The van der Waals surface area contributed by atoms with E-state index in [-0.39, 0.29) is 18.7 Å². The standard InChI is InChI=1S/C17H20N2O5S/c1-10(6-16(21)22)18-15(20)8-12-9-25-17(19-12)11-4-5-13(23-2)14(7-11)24-3/h4-5,7,9-10H,6,8H2,1-3H3,(H,18,20)(H,21,22). The first-order chi connectivity index (χ1) is 11.9. The second-order valence-corrected chi connectivity index (χ2v) is 6.32. The molecule has 1 atom stereocenters. The number of carbonyl (C=O) groups excluding carboxylic acids is 1. The summed E-state index contributed by atoms with van der Waals surface area (Å²) in [5.41, 5.74) is 1.50. The molecule has 7 nitrogen and oxygen atoms in total. The van der Waals surface area contributed by atoms with Gasteiger partial charge in [-0.2, -0.15) is 0 Å². The highest BCUT2D eigenvalue weighted by molar-refractivity contribution is 7.13. The third kappa shape index (κ3) is 5.18. The Kier molecular flexibility index (Phi) is 6.35. The molecule has 0 saturated carbocycles. The second kappa shape index (κ2) is 8.48. The number of nitrogens with zero attached hydrogens (tertiary/aromatic N) is 1. The molecule has 0 radical (unpaired) electrons. The van der Waals surface area contributed by atoms with Crippen LogP contribution in [0.15, 0.2) is 23.6 Å². The van der Waals surface area contributed by atoms with Crippen molar-refractivity contribution >= 4 is 23.2 Å². The summed E-state index contributed by atoms with van der Waals surface area (Å²) < 4.78 is 10.5. The molecule has 2 rings (SSSR count). The van der Waals surface area contributed by atoms with E-state index in [9.17, 15) is 9.59 Å². The number of carbonyl (C=O) groups is 2. The van der Waals surface area contributed by atoms with Crippen LogP contribution < -0.4 is 14.8 Å². The number of nitrogens with one attached hydrogen (secondary N) is 1. The van der Waals surface area contributed by atoms with Crippen LogP contribution in [0, 0.1) is 0 Å². The van der Waals surface area contributed by atoms with Crippen LogP contribution in [0.25, 0.3) is 10.6 Å². The van der Waals surface area contributed by atoms with Gasteiger partial charge in [0.1, 0.15) is 5.01 Å². The van der Waals surface area contributed by atoms with Crippen molar-refractivity contribution in [2.45, 2.75) is 25.8 Å². The fourth-order valence-electron chi connectivity index (χ4n) is 2.29. The van der Waals surface area contributed by atoms with Gasteiger partial charge in [0.05, 0.1) is 32.8 Å². The van der Waals surface area contributed by atoms with E-state index in [0.717, 1.165) is 10.6 Å². The summed E-state index contributed by atoms with van der Waals surface area (Å²) in [5.74, 6) is 0.0434. The van der Waals surface area contributed by atoms with E-state index in [4.69, 9.17) is 14.6 Å². The van der Waals surface area contributed by atoms with Crippen molar-refractivity contribution in [3.05, 3.63) is 29.3 Å². The minimum absolute atomic E-state index is 0.105. The van der Waals surface area contributed by atoms with Gasteiger partial charge in [0, 0.05) is 17.0 Å². The molecule has 2 N–H and O–H groups in total. The summed E-state index contributed by atoms with van der Waals surface area (Å²) in [6.45, 7) is 1.65. The van der Waals surface area contributed by atoms with Crippen LogP contribution in [-0.4, -0.2) is 42.2 Å². The number of thiazole rings is 1. The highest BCUT2D eigenvalue weighted by atomic mass is 32.1. The predicted molar refractivity (Wildman–Crippen MR) is 94.2 cm³/mol. The lowest BCUT2D eigenvalue weighted by molar-refractivity contribution is -0.137. The molecular weight excluding hydrogens is 344 g/mol. The number of carboxylic acids is 1. The largest absolute Gasteiger partial charge is 0.493 e. The van der Waals surface area contributed by atoms with Gasteiger partial charge in [0.25, 0.3) is 0 Å². The molecule has 0 fully saturated rings. The van der Waals surface area contributed by atoms with Crippen molar-refractivity contribution in [2.75, 3.05) is 14.2 Å². The molecule has 0 spiro atoms. The Morgan fingerprint density at radius 1 is 1.28 bits per heavy atom. The number of carboxylic acid groups (broad SMARTS) is 1. The zero-order valence-electron chi connectivity index (χ0n) is 14.2. The number of aliphatic carboxylic acids is 1. The van der Waals surface area contributed by atoms with Gasteiger partial charge < -0.3 is 19.9 Å². The summed E-state index contributed by atoms with van der Waals surface area (Å²) in [5, 5.41) is 13.9. The number of methoxy groups -OCH3 is 2. The Hall–Kier alpha value is -2.61. The molecule has 2 aromatic rings. The zero-order valence-corrected chi connectivity index (χ0v) is 15.1. The maximum Gasteiger partial charge on any atom is 0.305 e. The van der Waals surface area contributed by atoms with Gasteiger partial charge in [0.2, 0.25) is 5.91 Å². The van der Waals surface area contributed by atoms with E-state index in [0.29, 0.717) is 17.2 Å². The fourth-order valence-corrected chi connectivity index (χ4v) is 3.11. The molecule has 134 valence electrons.